The zero-order chi connectivity index (χ0) is 32.0. The van der Waals surface area contributed by atoms with Gasteiger partial charge < -0.3 is 21.1 Å². The summed E-state index contributed by atoms with van der Waals surface area (Å²) in [6.07, 6.45) is 1.71. The van der Waals surface area contributed by atoms with E-state index in [2.05, 4.69) is 16.0 Å². The van der Waals surface area contributed by atoms with Crippen molar-refractivity contribution in [3.05, 3.63) is 102 Å². The van der Waals surface area contributed by atoms with Gasteiger partial charge in [0.15, 0.2) is 5.78 Å². The largest absolute Gasteiger partial charge is 0.481 e. The highest BCUT2D eigenvalue weighted by Gasteiger charge is 2.25. The molecule has 1 unspecified atom stereocenters. The fourth-order valence-electron chi connectivity index (χ4n) is 5.28. The van der Waals surface area contributed by atoms with Crippen molar-refractivity contribution in [1.29, 1.82) is 0 Å². The van der Waals surface area contributed by atoms with Crippen LogP contribution in [-0.4, -0.2) is 59.3 Å². The average molecular weight is 609 g/mol. The van der Waals surface area contributed by atoms with Gasteiger partial charge in [-0.25, -0.2) is 0 Å². The van der Waals surface area contributed by atoms with Crippen LogP contribution in [0.4, 0.5) is 0 Å². The number of hydrogen-bond acceptors (Lipinski definition) is 6. The summed E-state index contributed by atoms with van der Waals surface area (Å²) in [7, 11) is 0. The van der Waals surface area contributed by atoms with Crippen LogP contribution in [0, 0.1) is 6.92 Å². The Kier molecular flexibility index (Phi) is 12.3. The van der Waals surface area contributed by atoms with E-state index in [0.29, 0.717) is 25.1 Å². The van der Waals surface area contributed by atoms with Crippen molar-refractivity contribution in [2.75, 3.05) is 19.6 Å². The van der Waals surface area contributed by atoms with E-state index >= 15 is 0 Å². The van der Waals surface area contributed by atoms with Crippen LogP contribution in [0.5, 0.6) is 0 Å². The molecule has 0 aliphatic heterocycles. The predicted octanol–water partition coefficient (Wildman–Crippen LogP) is 4.86. The van der Waals surface area contributed by atoms with Gasteiger partial charge in [-0.15, -0.1) is 0 Å². The molecule has 0 bridgehead atoms. The molecule has 4 aromatic rings. The number of benzene rings is 3. The molecule has 0 radical (unpaired) electrons. The fraction of sp³-hybridized carbons (Fsp3) is 0.306. The van der Waals surface area contributed by atoms with Crippen molar-refractivity contribution >= 4 is 34.5 Å². The molecule has 0 fully saturated rings. The molecule has 4 N–H and O–H groups in total. The first-order valence-corrected chi connectivity index (χ1v) is 15.3. The number of carbonyl (C=O) groups is 4. The van der Waals surface area contributed by atoms with Gasteiger partial charge in [0.2, 0.25) is 11.8 Å². The summed E-state index contributed by atoms with van der Waals surface area (Å²) < 4.78 is 0. The first-order chi connectivity index (χ1) is 21.8. The maximum atomic E-state index is 13.5. The molecule has 9 nitrogen and oxygen atoms in total. The van der Waals surface area contributed by atoms with E-state index in [9.17, 15) is 19.2 Å². The molecule has 1 heterocycles. The van der Waals surface area contributed by atoms with Crippen LogP contribution in [-0.2, 0) is 20.8 Å². The molecular formula is C36H40N4O5. The molecule has 0 aliphatic rings. The molecule has 0 saturated carbocycles. The number of aliphatic carboxylic acids is 1. The third kappa shape index (κ3) is 9.81. The fourth-order valence-corrected chi connectivity index (χ4v) is 5.28. The summed E-state index contributed by atoms with van der Waals surface area (Å²) in [5.41, 5.74) is 5.09. The van der Waals surface area contributed by atoms with Gasteiger partial charge in [-0.05, 0) is 55.5 Å². The van der Waals surface area contributed by atoms with Crippen molar-refractivity contribution in [1.82, 2.24) is 20.9 Å². The minimum absolute atomic E-state index is 0.00391. The topological polar surface area (TPSA) is 137 Å². The molecule has 45 heavy (non-hydrogen) atoms. The van der Waals surface area contributed by atoms with Crippen LogP contribution >= 0.6 is 0 Å². The van der Waals surface area contributed by atoms with Crippen molar-refractivity contribution in [3.63, 3.8) is 0 Å². The molecule has 1 aromatic heterocycles. The summed E-state index contributed by atoms with van der Waals surface area (Å²) in [5, 5.41) is 18.9. The second kappa shape index (κ2) is 16.8. The van der Waals surface area contributed by atoms with E-state index in [0.717, 1.165) is 39.7 Å². The van der Waals surface area contributed by atoms with Crippen LogP contribution in [0.25, 0.3) is 22.0 Å². The standard InChI is InChI=1S/C36H40N4O5/c1-25-29(35(27-15-6-3-7-16-27)28-17-8-9-18-30(28)39-25)23-31(40-33(42)19-12-20-34(43)44)36(45)38-22-11-10-21-37-24-32(41)26-13-4-2-5-14-26/h2-9,13-18,31,37H,10-12,19-24H2,1H3,(H,38,45)(H,40,42)(H,43,44). The normalized spacial score (nSPS) is 11.6. The second-order valence-electron chi connectivity index (χ2n) is 11.0. The lowest BCUT2D eigenvalue weighted by molar-refractivity contribution is -0.137. The van der Waals surface area contributed by atoms with E-state index in [4.69, 9.17) is 10.1 Å². The Labute approximate surface area is 263 Å². The van der Waals surface area contributed by atoms with Crippen molar-refractivity contribution in [2.45, 2.75) is 51.5 Å². The van der Waals surface area contributed by atoms with Crippen LogP contribution in [0.2, 0.25) is 0 Å². The molecule has 234 valence electrons. The number of carboxylic acids is 1. The number of pyridine rings is 1. The summed E-state index contributed by atoms with van der Waals surface area (Å²) >= 11 is 0. The highest BCUT2D eigenvalue weighted by atomic mass is 16.4. The van der Waals surface area contributed by atoms with E-state index in [1.165, 1.54) is 0 Å². The SMILES string of the molecule is Cc1nc2ccccc2c(-c2ccccc2)c1CC(NC(=O)CCCC(=O)O)C(=O)NCCCCNCC(=O)c1ccccc1. The summed E-state index contributed by atoms with van der Waals surface area (Å²) in [4.78, 5) is 54.4. The maximum absolute atomic E-state index is 13.5. The number of aromatic nitrogens is 1. The zero-order valence-corrected chi connectivity index (χ0v) is 25.6. The van der Waals surface area contributed by atoms with Crippen LogP contribution in [0.1, 0.15) is 53.7 Å². The first-order valence-electron chi connectivity index (χ1n) is 15.3. The third-order valence-electron chi connectivity index (χ3n) is 7.58. The van der Waals surface area contributed by atoms with E-state index < -0.39 is 12.0 Å². The molecule has 0 aliphatic carbocycles. The molecule has 3 aromatic carbocycles. The first kappa shape index (κ1) is 33.0. The number of Topliss-reactive ketones (excluding diaryl/α,β-unsaturated/α-hetero) is 1. The van der Waals surface area contributed by atoms with Gasteiger partial charge in [-0.1, -0.05) is 78.9 Å². The molecule has 9 heteroatoms. The van der Waals surface area contributed by atoms with E-state index in [1.807, 2.05) is 79.7 Å². The van der Waals surface area contributed by atoms with Crippen molar-refractivity contribution in [2.24, 2.45) is 0 Å². The molecule has 1 atom stereocenters. The Morgan fingerprint density at radius 3 is 2.20 bits per heavy atom. The van der Waals surface area contributed by atoms with Crippen LogP contribution in [0.15, 0.2) is 84.9 Å². The zero-order valence-electron chi connectivity index (χ0n) is 25.6. The molecule has 4 rings (SSSR count). The van der Waals surface area contributed by atoms with E-state index in [-0.39, 0.29) is 49.8 Å². The number of nitrogens with one attached hydrogen (secondary N) is 3. The third-order valence-corrected chi connectivity index (χ3v) is 7.58. The Hall–Kier alpha value is -4.89. The number of fused-ring (bicyclic) bond motifs is 1. The number of para-hydroxylation sites is 1. The number of aryl methyl sites for hydroxylation is 1. The molecule has 2 amide bonds. The van der Waals surface area contributed by atoms with Gasteiger partial charge in [0, 0.05) is 42.5 Å². The summed E-state index contributed by atoms with van der Waals surface area (Å²) in [6, 6.07) is 26.0. The van der Waals surface area contributed by atoms with Gasteiger partial charge in [0.05, 0.1) is 12.1 Å². The average Bonchev–Trinajstić information content (AvgIpc) is 3.04. The summed E-state index contributed by atoms with van der Waals surface area (Å²) in [6.45, 7) is 3.18. The predicted molar refractivity (Wildman–Crippen MR) is 175 cm³/mol. The number of ketones is 1. The lowest BCUT2D eigenvalue weighted by Gasteiger charge is -2.22. The molecule has 0 saturated heterocycles. The summed E-state index contributed by atoms with van der Waals surface area (Å²) in [5.74, 6) is -1.64. The van der Waals surface area contributed by atoms with Crippen molar-refractivity contribution in [3.8, 4) is 11.1 Å². The highest BCUT2D eigenvalue weighted by Crippen LogP contribution is 2.33. The maximum Gasteiger partial charge on any atom is 0.303 e. The molecular weight excluding hydrogens is 568 g/mol. The van der Waals surface area contributed by atoms with Crippen molar-refractivity contribution < 1.29 is 24.3 Å². The number of nitrogens with zero attached hydrogens (tertiary/aromatic N) is 1. The van der Waals surface area contributed by atoms with Crippen LogP contribution in [0.3, 0.4) is 0 Å². The number of unbranched alkanes of at least 4 members (excludes halogenated alkanes) is 1. The van der Waals surface area contributed by atoms with Gasteiger partial charge in [0.25, 0.3) is 0 Å². The smallest absolute Gasteiger partial charge is 0.303 e. The minimum atomic E-state index is -0.971. The second-order valence-corrected chi connectivity index (χ2v) is 11.0. The monoisotopic (exact) mass is 608 g/mol. The Morgan fingerprint density at radius 2 is 1.47 bits per heavy atom. The van der Waals surface area contributed by atoms with Gasteiger partial charge >= 0.3 is 5.97 Å². The lowest BCUT2D eigenvalue weighted by atomic mass is 9.90. The molecule has 0 spiro atoms. The highest BCUT2D eigenvalue weighted by molar-refractivity contribution is 5.98. The Bertz CT molecular complexity index is 1610. The lowest BCUT2D eigenvalue weighted by Crippen LogP contribution is -2.48. The Balaban J connectivity index is 1.43. The Morgan fingerprint density at radius 1 is 0.800 bits per heavy atom. The van der Waals surface area contributed by atoms with Crippen LogP contribution < -0.4 is 16.0 Å². The van der Waals surface area contributed by atoms with Gasteiger partial charge in [-0.2, -0.15) is 0 Å². The van der Waals surface area contributed by atoms with Gasteiger partial charge in [0.1, 0.15) is 6.04 Å². The number of amides is 2. The minimum Gasteiger partial charge on any atom is -0.481 e. The number of carboxylic acid groups (broad SMARTS) is 1. The number of hydrogen-bond donors (Lipinski definition) is 4. The number of carbonyl (C=O) groups excluding carboxylic acids is 3. The number of rotatable bonds is 17. The quantitative estimate of drug-likeness (QED) is 0.0992. The van der Waals surface area contributed by atoms with Gasteiger partial charge in [-0.3, -0.25) is 24.2 Å². The van der Waals surface area contributed by atoms with E-state index in [1.54, 1.807) is 12.1 Å².